The van der Waals surface area contributed by atoms with Gasteiger partial charge in [-0.25, -0.2) is 0 Å². The Bertz CT molecular complexity index is 1610. The molecule has 0 unspecified atom stereocenters. The molecule has 0 aliphatic heterocycles. The molecule has 3 aromatic carbocycles. The fourth-order valence-electron chi connectivity index (χ4n) is 4.52. The van der Waals surface area contributed by atoms with E-state index in [2.05, 4.69) is 98.9 Å². The smallest absolute Gasteiger partial charge is 0.0789 e. The zero-order valence-corrected chi connectivity index (χ0v) is 20.0. The van der Waals surface area contributed by atoms with Crippen LogP contribution in [0.25, 0.3) is 52.6 Å². The number of nitrogens with zero attached hydrogens (tertiary/aromatic N) is 1. The molecule has 3 aromatic heterocycles. The summed E-state index contributed by atoms with van der Waals surface area (Å²) in [7, 11) is 0. The van der Waals surface area contributed by atoms with Crippen molar-refractivity contribution in [3.8, 4) is 21.7 Å². The third-order valence-electron chi connectivity index (χ3n) is 6.13. The summed E-state index contributed by atoms with van der Waals surface area (Å²) in [5.41, 5.74) is 4.95. The maximum Gasteiger partial charge on any atom is 0.0789 e. The molecule has 0 atom stereocenters. The molecule has 0 bridgehead atoms. The van der Waals surface area contributed by atoms with Gasteiger partial charge in [-0.2, -0.15) is 0 Å². The Hall–Kier alpha value is -3.01. The van der Waals surface area contributed by atoms with Crippen LogP contribution in [0.5, 0.6) is 0 Å². The Morgan fingerprint density at radius 2 is 1.56 bits per heavy atom. The van der Waals surface area contributed by atoms with Gasteiger partial charge >= 0.3 is 0 Å². The molecule has 0 aliphatic carbocycles. The minimum absolute atomic E-state index is 0.0548. The molecule has 0 radical (unpaired) electrons. The summed E-state index contributed by atoms with van der Waals surface area (Å²) in [6.45, 7) is 6.86. The first-order chi connectivity index (χ1) is 15.5. The van der Waals surface area contributed by atoms with E-state index in [0.29, 0.717) is 0 Å². The molecule has 32 heavy (non-hydrogen) atoms. The van der Waals surface area contributed by atoms with Crippen molar-refractivity contribution in [3.05, 3.63) is 89.9 Å². The van der Waals surface area contributed by atoms with Crippen LogP contribution in [0, 0.1) is 0 Å². The Labute approximate surface area is 196 Å². The predicted molar refractivity (Wildman–Crippen MR) is 142 cm³/mol. The zero-order valence-electron chi connectivity index (χ0n) is 18.3. The molecule has 0 saturated heterocycles. The monoisotopic (exact) mass is 449 g/mol. The van der Waals surface area contributed by atoms with Crippen molar-refractivity contribution >= 4 is 53.6 Å². The lowest BCUT2D eigenvalue weighted by Crippen LogP contribution is -2.12. The largest absolute Gasteiger partial charge is 0.256 e. The lowest BCUT2D eigenvalue weighted by Gasteiger charge is -2.22. The van der Waals surface area contributed by atoms with E-state index in [9.17, 15) is 0 Å². The van der Waals surface area contributed by atoms with E-state index in [1.165, 1.54) is 52.5 Å². The van der Waals surface area contributed by atoms with Gasteiger partial charge in [0.05, 0.1) is 5.69 Å². The number of hydrogen-bond acceptors (Lipinski definition) is 3. The van der Waals surface area contributed by atoms with E-state index < -0.39 is 0 Å². The Balaban J connectivity index is 1.56. The summed E-state index contributed by atoms with van der Waals surface area (Å²) in [6.07, 6.45) is 1.95. The zero-order chi connectivity index (χ0) is 21.9. The predicted octanol–water partition coefficient (Wildman–Crippen LogP) is 9.30. The number of hydrogen-bond donors (Lipinski definition) is 0. The quantitative estimate of drug-likeness (QED) is 0.257. The molecule has 0 amide bonds. The minimum atomic E-state index is 0.0548. The molecule has 6 rings (SSSR count). The highest BCUT2D eigenvalue weighted by molar-refractivity contribution is 7.22. The summed E-state index contributed by atoms with van der Waals surface area (Å²) >= 11 is 3.64. The summed E-state index contributed by atoms with van der Waals surface area (Å²) in [4.78, 5) is 6.16. The van der Waals surface area contributed by atoms with Crippen molar-refractivity contribution in [2.24, 2.45) is 0 Å². The molecule has 3 heterocycles. The fourth-order valence-corrected chi connectivity index (χ4v) is 6.35. The topological polar surface area (TPSA) is 12.9 Å². The first-order valence-electron chi connectivity index (χ1n) is 10.9. The van der Waals surface area contributed by atoms with Crippen LogP contribution in [0.15, 0.2) is 84.4 Å². The van der Waals surface area contributed by atoms with Gasteiger partial charge in [-0.15, -0.1) is 22.7 Å². The highest BCUT2D eigenvalue weighted by Crippen LogP contribution is 2.41. The van der Waals surface area contributed by atoms with Crippen molar-refractivity contribution in [2.45, 2.75) is 26.2 Å². The van der Waals surface area contributed by atoms with E-state index >= 15 is 0 Å². The van der Waals surface area contributed by atoms with Crippen LogP contribution in [-0.4, -0.2) is 4.98 Å². The van der Waals surface area contributed by atoms with E-state index in [0.717, 1.165) is 5.69 Å². The van der Waals surface area contributed by atoms with Crippen LogP contribution in [0.1, 0.15) is 26.3 Å². The SMILES string of the molecule is CC(C)(C)c1cc(-c2nccc3sc(-c4ccc5sccc5c4)cc23)cc2ccccc12. The van der Waals surface area contributed by atoms with Crippen molar-refractivity contribution in [3.63, 3.8) is 0 Å². The van der Waals surface area contributed by atoms with Gasteiger partial charge in [0.2, 0.25) is 0 Å². The molecule has 0 aliphatic rings. The summed E-state index contributed by atoms with van der Waals surface area (Å²) in [6, 6.07) is 26.8. The highest BCUT2D eigenvalue weighted by Gasteiger charge is 2.19. The lowest BCUT2D eigenvalue weighted by molar-refractivity contribution is 0.596. The molecule has 156 valence electrons. The van der Waals surface area contributed by atoms with Gasteiger partial charge in [-0.1, -0.05) is 51.1 Å². The Kier molecular flexibility index (Phi) is 4.46. The maximum atomic E-state index is 4.86. The number of pyridine rings is 1. The normalized spacial score (nSPS) is 12.2. The molecule has 1 nitrogen and oxygen atoms in total. The summed E-state index contributed by atoms with van der Waals surface area (Å²) in [5, 5.41) is 7.30. The van der Waals surface area contributed by atoms with Crippen LogP contribution < -0.4 is 0 Å². The summed E-state index contributed by atoms with van der Waals surface area (Å²) in [5.74, 6) is 0. The van der Waals surface area contributed by atoms with Crippen LogP contribution in [0.4, 0.5) is 0 Å². The number of thiophene rings is 2. The minimum Gasteiger partial charge on any atom is -0.256 e. The average molecular weight is 450 g/mol. The van der Waals surface area contributed by atoms with Crippen LogP contribution in [0.2, 0.25) is 0 Å². The van der Waals surface area contributed by atoms with Crippen LogP contribution in [-0.2, 0) is 5.41 Å². The van der Waals surface area contributed by atoms with Crippen LogP contribution >= 0.6 is 22.7 Å². The van der Waals surface area contributed by atoms with Crippen molar-refractivity contribution in [1.29, 1.82) is 0 Å². The number of aromatic nitrogens is 1. The van der Waals surface area contributed by atoms with Crippen molar-refractivity contribution < 1.29 is 0 Å². The van der Waals surface area contributed by atoms with Crippen molar-refractivity contribution in [2.75, 3.05) is 0 Å². The molecular weight excluding hydrogens is 426 g/mol. The summed E-state index contributed by atoms with van der Waals surface area (Å²) < 4.78 is 2.61. The first-order valence-corrected chi connectivity index (χ1v) is 12.6. The van der Waals surface area contributed by atoms with Gasteiger partial charge in [0.25, 0.3) is 0 Å². The fraction of sp³-hybridized carbons (Fsp3) is 0.138. The number of fused-ring (bicyclic) bond motifs is 3. The maximum absolute atomic E-state index is 4.86. The van der Waals surface area contributed by atoms with Gasteiger partial charge in [0.15, 0.2) is 0 Å². The van der Waals surface area contributed by atoms with E-state index in [-0.39, 0.29) is 5.41 Å². The molecule has 0 fully saturated rings. The van der Waals surface area contributed by atoms with Crippen molar-refractivity contribution in [1.82, 2.24) is 4.98 Å². The average Bonchev–Trinajstić information content (AvgIpc) is 3.43. The van der Waals surface area contributed by atoms with Gasteiger partial charge in [0.1, 0.15) is 0 Å². The molecule has 0 saturated carbocycles. The standard InChI is InChI=1S/C29H23NS2/c1-29(2,3)24-16-21(14-18-6-4-5-7-22(18)24)28-23-17-27(32-26(23)10-12-30-28)19-8-9-25-20(15-19)11-13-31-25/h4-17H,1-3H3. The third kappa shape index (κ3) is 3.24. The second kappa shape index (κ2) is 7.26. The number of rotatable bonds is 2. The van der Waals surface area contributed by atoms with Crippen LogP contribution in [0.3, 0.4) is 0 Å². The first kappa shape index (κ1) is 19.7. The van der Waals surface area contributed by atoms with Gasteiger partial charge in [0, 0.05) is 31.4 Å². The molecule has 0 N–H and O–H groups in total. The lowest BCUT2D eigenvalue weighted by atomic mass is 9.82. The second-order valence-corrected chi connectivity index (χ2v) is 11.4. The van der Waals surface area contributed by atoms with E-state index in [1.807, 2.05) is 17.5 Å². The van der Waals surface area contributed by atoms with Gasteiger partial charge in [-0.3, -0.25) is 4.98 Å². The van der Waals surface area contributed by atoms with Gasteiger partial charge in [-0.05, 0) is 80.5 Å². The van der Waals surface area contributed by atoms with Gasteiger partial charge < -0.3 is 0 Å². The molecular formula is C29H23NS2. The Morgan fingerprint density at radius 3 is 2.44 bits per heavy atom. The molecule has 6 aromatic rings. The number of benzene rings is 3. The highest BCUT2D eigenvalue weighted by atomic mass is 32.1. The second-order valence-electron chi connectivity index (χ2n) is 9.35. The third-order valence-corrected chi connectivity index (χ3v) is 8.17. The molecule has 0 spiro atoms. The molecule has 3 heteroatoms. The van der Waals surface area contributed by atoms with E-state index in [1.54, 1.807) is 11.3 Å². The van der Waals surface area contributed by atoms with E-state index in [4.69, 9.17) is 4.98 Å². The Morgan fingerprint density at radius 1 is 0.719 bits per heavy atom.